The van der Waals surface area contributed by atoms with Crippen LogP contribution in [0.2, 0.25) is 5.02 Å². The number of aryl methyl sites for hydroxylation is 1. The molecule has 0 spiro atoms. The molecule has 0 aliphatic rings. The molecular formula is C17H17BrClF. The van der Waals surface area contributed by atoms with E-state index in [0.29, 0.717) is 17.0 Å². The highest BCUT2D eigenvalue weighted by Gasteiger charge is 2.14. The summed E-state index contributed by atoms with van der Waals surface area (Å²) in [6.45, 7) is 2.17. The molecule has 1 atom stereocenters. The maximum Gasteiger partial charge on any atom is 0.127 e. The van der Waals surface area contributed by atoms with Crippen LogP contribution in [-0.4, -0.2) is 0 Å². The van der Waals surface area contributed by atoms with Gasteiger partial charge in [-0.05, 0) is 36.1 Å². The van der Waals surface area contributed by atoms with E-state index in [1.54, 1.807) is 12.1 Å². The van der Waals surface area contributed by atoms with E-state index in [2.05, 4.69) is 47.1 Å². The molecule has 20 heavy (non-hydrogen) atoms. The van der Waals surface area contributed by atoms with E-state index in [-0.39, 0.29) is 10.6 Å². The highest BCUT2D eigenvalue weighted by Crippen LogP contribution is 2.31. The lowest BCUT2D eigenvalue weighted by Gasteiger charge is -2.13. The Hall–Kier alpha value is -0.860. The minimum absolute atomic E-state index is 0.0626. The normalized spacial score (nSPS) is 12.4. The van der Waals surface area contributed by atoms with Crippen LogP contribution in [0.4, 0.5) is 4.39 Å². The van der Waals surface area contributed by atoms with Crippen LogP contribution in [0.5, 0.6) is 0 Å². The van der Waals surface area contributed by atoms with Gasteiger partial charge in [-0.3, -0.25) is 0 Å². The lowest BCUT2D eigenvalue weighted by atomic mass is 10.0. The van der Waals surface area contributed by atoms with E-state index in [0.717, 1.165) is 18.4 Å². The van der Waals surface area contributed by atoms with Crippen molar-refractivity contribution < 1.29 is 4.39 Å². The van der Waals surface area contributed by atoms with Gasteiger partial charge in [-0.15, -0.1) is 0 Å². The number of alkyl halides is 1. The third-order valence-electron chi connectivity index (χ3n) is 3.33. The van der Waals surface area contributed by atoms with Gasteiger partial charge >= 0.3 is 0 Å². The molecule has 0 amide bonds. The summed E-state index contributed by atoms with van der Waals surface area (Å²) in [4.78, 5) is 0.0626. The van der Waals surface area contributed by atoms with Gasteiger partial charge in [0.1, 0.15) is 5.82 Å². The van der Waals surface area contributed by atoms with E-state index in [4.69, 9.17) is 11.6 Å². The second-order valence-corrected chi connectivity index (χ2v) is 6.38. The smallest absolute Gasteiger partial charge is 0.127 e. The number of hydrogen-bond donors (Lipinski definition) is 0. The van der Waals surface area contributed by atoms with Crippen molar-refractivity contribution in [1.82, 2.24) is 0 Å². The van der Waals surface area contributed by atoms with Gasteiger partial charge in [-0.25, -0.2) is 4.39 Å². The predicted octanol–water partition coefficient (Wildman–Crippen LogP) is 6.11. The Bertz CT molecular complexity index is 545. The highest BCUT2D eigenvalue weighted by atomic mass is 79.9. The molecule has 0 N–H and O–H groups in total. The van der Waals surface area contributed by atoms with E-state index >= 15 is 0 Å². The van der Waals surface area contributed by atoms with Crippen LogP contribution in [0.25, 0.3) is 0 Å². The average molecular weight is 356 g/mol. The Balaban J connectivity index is 2.13. The molecule has 0 aliphatic heterocycles. The molecular weight excluding hydrogens is 339 g/mol. The SMILES string of the molecule is CCCc1ccc(C(Br)Cc2c(F)cccc2Cl)cc1. The van der Waals surface area contributed by atoms with Gasteiger partial charge in [0, 0.05) is 15.4 Å². The summed E-state index contributed by atoms with van der Waals surface area (Å²) in [5, 5.41) is 0.483. The van der Waals surface area contributed by atoms with Crippen LogP contribution in [0, 0.1) is 5.82 Å². The molecule has 0 saturated carbocycles. The minimum Gasteiger partial charge on any atom is -0.207 e. The molecule has 0 aliphatic carbocycles. The Kier molecular flexibility index (Phi) is 5.62. The van der Waals surface area contributed by atoms with Gasteiger partial charge in [0.25, 0.3) is 0 Å². The standard InChI is InChI=1S/C17H17BrClF/c1-2-4-12-7-9-13(10-8-12)15(18)11-14-16(19)5-3-6-17(14)20/h3,5-10,15H,2,4,11H2,1H3. The first-order valence-corrected chi connectivity index (χ1v) is 8.07. The molecule has 0 fully saturated rings. The minimum atomic E-state index is -0.246. The first-order chi connectivity index (χ1) is 9.61. The Morgan fingerprint density at radius 1 is 1.15 bits per heavy atom. The second-order valence-electron chi connectivity index (χ2n) is 4.86. The van der Waals surface area contributed by atoms with E-state index in [1.807, 2.05) is 0 Å². The maximum atomic E-state index is 13.8. The summed E-state index contributed by atoms with van der Waals surface area (Å²) in [7, 11) is 0. The predicted molar refractivity (Wildman–Crippen MR) is 87.2 cm³/mol. The van der Waals surface area contributed by atoms with Crippen molar-refractivity contribution >= 4 is 27.5 Å². The van der Waals surface area contributed by atoms with Gasteiger partial charge in [-0.1, -0.05) is 71.2 Å². The van der Waals surface area contributed by atoms with Crippen LogP contribution < -0.4 is 0 Å². The number of halogens is 3. The first kappa shape index (κ1) is 15.5. The van der Waals surface area contributed by atoms with Crippen molar-refractivity contribution in [1.29, 1.82) is 0 Å². The average Bonchev–Trinajstić information content (AvgIpc) is 2.44. The van der Waals surface area contributed by atoms with Crippen molar-refractivity contribution in [2.24, 2.45) is 0 Å². The van der Waals surface area contributed by atoms with E-state index < -0.39 is 0 Å². The van der Waals surface area contributed by atoms with E-state index in [9.17, 15) is 4.39 Å². The molecule has 0 saturated heterocycles. The van der Waals surface area contributed by atoms with E-state index in [1.165, 1.54) is 11.6 Å². The third-order valence-corrected chi connectivity index (χ3v) is 4.53. The van der Waals surface area contributed by atoms with Gasteiger partial charge < -0.3 is 0 Å². The molecule has 2 aromatic rings. The van der Waals surface area contributed by atoms with Gasteiger partial charge in [-0.2, -0.15) is 0 Å². The van der Waals surface area contributed by atoms with Crippen LogP contribution in [0.15, 0.2) is 42.5 Å². The largest absolute Gasteiger partial charge is 0.207 e. The van der Waals surface area contributed by atoms with Gasteiger partial charge in [0.05, 0.1) is 0 Å². The molecule has 1 unspecified atom stereocenters. The highest BCUT2D eigenvalue weighted by molar-refractivity contribution is 9.09. The lowest BCUT2D eigenvalue weighted by Crippen LogP contribution is -1.99. The van der Waals surface area contributed by atoms with Crippen molar-refractivity contribution in [2.45, 2.75) is 31.0 Å². The van der Waals surface area contributed by atoms with Crippen molar-refractivity contribution in [3.63, 3.8) is 0 Å². The first-order valence-electron chi connectivity index (χ1n) is 6.77. The summed E-state index contributed by atoms with van der Waals surface area (Å²) in [6.07, 6.45) is 2.77. The van der Waals surface area contributed by atoms with Crippen LogP contribution in [0.3, 0.4) is 0 Å². The van der Waals surface area contributed by atoms with Crippen LogP contribution in [-0.2, 0) is 12.8 Å². The molecule has 0 bridgehead atoms. The Labute approximate surface area is 133 Å². The van der Waals surface area contributed by atoms with Gasteiger partial charge in [0.2, 0.25) is 0 Å². The summed E-state index contributed by atoms with van der Waals surface area (Å²) < 4.78 is 13.8. The Morgan fingerprint density at radius 2 is 1.85 bits per heavy atom. The zero-order valence-corrected chi connectivity index (χ0v) is 13.7. The number of rotatable bonds is 5. The summed E-state index contributed by atoms with van der Waals surface area (Å²) in [5.74, 6) is -0.246. The van der Waals surface area contributed by atoms with Crippen molar-refractivity contribution in [2.75, 3.05) is 0 Å². The third kappa shape index (κ3) is 3.83. The van der Waals surface area contributed by atoms with Gasteiger partial charge in [0.15, 0.2) is 0 Å². The molecule has 0 aromatic heterocycles. The summed E-state index contributed by atoms with van der Waals surface area (Å²) >= 11 is 9.70. The summed E-state index contributed by atoms with van der Waals surface area (Å²) in [6, 6.07) is 13.3. The fourth-order valence-corrected chi connectivity index (χ4v) is 3.08. The van der Waals surface area contributed by atoms with Crippen LogP contribution >= 0.6 is 27.5 Å². The van der Waals surface area contributed by atoms with Crippen molar-refractivity contribution in [3.05, 3.63) is 70.0 Å². The lowest BCUT2D eigenvalue weighted by molar-refractivity contribution is 0.608. The molecule has 0 radical (unpaired) electrons. The number of hydrogen-bond acceptors (Lipinski definition) is 0. The second kappa shape index (κ2) is 7.24. The van der Waals surface area contributed by atoms with Crippen molar-refractivity contribution in [3.8, 4) is 0 Å². The monoisotopic (exact) mass is 354 g/mol. The fraction of sp³-hybridized carbons (Fsp3) is 0.294. The Morgan fingerprint density at radius 3 is 2.45 bits per heavy atom. The zero-order chi connectivity index (χ0) is 14.5. The fourth-order valence-electron chi connectivity index (χ4n) is 2.21. The molecule has 3 heteroatoms. The summed E-state index contributed by atoms with van der Waals surface area (Å²) in [5.41, 5.74) is 3.04. The molecule has 2 aromatic carbocycles. The molecule has 0 heterocycles. The topological polar surface area (TPSA) is 0 Å². The quantitative estimate of drug-likeness (QED) is 0.568. The zero-order valence-electron chi connectivity index (χ0n) is 11.4. The van der Waals surface area contributed by atoms with Crippen LogP contribution in [0.1, 0.15) is 34.9 Å². The number of benzene rings is 2. The molecule has 0 nitrogen and oxygen atoms in total. The maximum absolute atomic E-state index is 13.8. The molecule has 2 rings (SSSR count). The molecule has 106 valence electrons.